The Balaban J connectivity index is -0.000000492. The van der Waals surface area contributed by atoms with E-state index in [1.807, 2.05) is 0 Å². The van der Waals surface area contributed by atoms with Crippen molar-refractivity contribution in [3.05, 3.63) is 0 Å². The average Bonchev–Trinajstić information content (AvgIpc) is 2.75. The molecule has 224 valence electrons. The van der Waals surface area contributed by atoms with Gasteiger partial charge in [0.15, 0.2) is 5.94 Å². The summed E-state index contributed by atoms with van der Waals surface area (Å²) in [5, 5.41) is 0. The Labute approximate surface area is 217 Å². The molecule has 0 fully saturated rings. The lowest BCUT2D eigenvalue weighted by Crippen LogP contribution is -2.20. The summed E-state index contributed by atoms with van der Waals surface area (Å²) in [4.78, 5) is 52.3. The fourth-order valence-corrected chi connectivity index (χ4v) is 2.16. The topological polar surface area (TPSA) is 303 Å². The van der Waals surface area contributed by atoms with E-state index in [1.165, 1.54) is 20.8 Å². The first-order chi connectivity index (χ1) is 17.2. The summed E-state index contributed by atoms with van der Waals surface area (Å²) in [6.07, 6.45) is 0.282. The predicted octanol–water partition coefficient (Wildman–Crippen LogP) is -2.59. The second-order valence-electron chi connectivity index (χ2n) is 5.96. The lowest BCUT2D eigenvalue weighted by molar-refractivity contribution is -0.167. The first kappa shape index (κ1) is 39.6. The monoisotopic (exact) mass is 617 g/mol. The molecule has 0 aromatic carbocycles. The Bertz CT molecular complexity index is 1020. The van der Waals surface area contributed by atoms with Crippen LogP contribution in [0.3, 0.4) is 0 Å². The summed E-state index contributed by atoms with van der Waals surface area (Å²) >= 11 is 0. The van der Waals surface area contributed by atoms with Gasteiger partial charge in [-0.15, -0.1) is 0 Å². The summed E-state index contributed by atoms with van der Waals surface area (Å²) < 4.78 is 111. The van der Waals surface area contributed by atoms with Gasteiger partial charge in [-0.3, -0.25) is 24.0 Å². The maximum atomic E-state index is 10.5. The highest BCUT2D eigenvalue weighted by Gasteiger charge is 2.09. The van der Waals surface area contributed by atoms with E-state index in [4.69, 9.17) is 0 Å². The second kappa shape index (κ2) is 20.1. The zero-order valence-corrected chi connectivity index (χ0v) is 22.6. The van der Waals surface area contributed by atoms with Gasteiger partial charge in [-0.05, 0) is 0 Å². The van der Waals surface area contributed by atoms with Crippen LogP contribution < -0.4 is 0 Å². The Morgan fingerprint density at radius 2 is 0.737 bits per heavy atom. The van der Waals surface area contributed by atoms with Crippen molar-refractivity contribution in [1.82, 2.24) is 0 Å². The Morgan fingerprint density at radius 3 is 0.974 bits per heavy atom. The summed E-state index contributed by atoms with van der Waals surface area (Å²) in [6, 6.07) is 0. The van der Waals surface area contributed by atoms with E-state index in [-0.39, 0.29) is 19.3 Å². The number of carbonyl (C=O) groups excluding carboxylic acids is 5. The zero-order chi connectivity index (χ0) is 30.6. The van der Waals surface area contributed by atoms with Gasteiger partial charge < -0.3 is 37.3 Å². The maximum absolute atomic E-state index is 10.5. The van der Waals surface area contributed by atoms with Gasteiger partial charge in [0.1, 0.15) is 41.9 Å². The van der Waals surface area contributed by atoms with Crippen LogP contribution in [-0.2, 0) is 78.0 Å². The van der Waals surface area contributed by atoms with Gasteiger partial charge in [0.05, 0.1) is 0 Å². The first-order valence-corrected chi connectivity index (χ1v) is 14.5. The Hall–Kier alpha value is -2.92. The number of hydrogen-bond acceptors (Lipinski definition) is 19. The van der Waals surface area contributed by atoms with Crippen molar-refractivity contribution in [2.45, 2.75) is 40.0 Å². The van der Waals surface area contributed by atoms with Crippen LogP contribution in [-0.4, -0.2) is 99.8 Å². The molecule has 0 unspecified atom stereocenters. The molecule has 0 rings (SSSR count). The van der Waals surface area contributed by atoms with Crippen molar-refractivity contribution in [2.75, 3.05) is 31.0 Å². The van der Waals surface area contributed by atoms with Crippen LogP contribution in [0.4, 0.5) is 0 Å². The first-order valence-electron chi connectivity index (χ1n) is 9.74. The SMILES string of the molecule is CCC(=O)OCOC(=O)CS(=O)(=O)[O-].CCC(=O)OCOC(=O)CS(=O)(=O)[O-].CCC(=O)OCS(=O)(=O)[O-]. The number of ether oxygens (including phenoxy) is 5. The summed E-state index contributed by atoms with van der Waals surface area (Å²) in [5.41, 5.74) is 0. The van der Waals surface area contributed by atoms with Crippen LogP contribution in [0.1, 0.15) is 40.0 Å². The molecule has 0 aromatic heterocycles. The predicted molar refractivity (Wildman–Crippen MR) is 115 cm³/mol. The van der Waals surface area contributed by atoms with Gasteiger partial charge in [-0.1, -0.05) is 20.8 Å². The molecule has 38 heavy (non-hydrogen) atoms. The van der Waals surface area contributed by atoms with Crippen molar-refractivity contribution >= 4 is 60.2 Å². The molecule has 0 spiro atoms. The van der Waals surface area contributed by atoms with E-state index in [0.29, 0.717) is 0 Å². The van der Waals surface area contributed by atoms with Crippen LogP contribution in [0, 0.1) is 0 Å². The third kappa shape index (κ3) is 35.2. The van der Waals surface area contributed by atoms with Gasteiger partial charge in [0.25, 0.3) is 0 Å². The summed E-state index contributed by atoms with van der Waals surface area (Å²) in [5.74, 6) is -7.98. The van der Waals surface area contributed by atoms with E-state index >= 15 is 0 Å². The minimum atomic E-state index is -4.64. The maximum Gasteiger partial charge on any atom is 0.322 e. The summed E-state index contributed by atoms with van der Waals surface area (Å²) in [7, 11) is -13.7. The van der Waals surface area contributed by atoms with Gasteiger partial charge in [0.2, 0.25) is 13.6 Å². The number of carbonyl (C=O) groups is 5. The molecular formula is C16H25O19S3-3. The van der Waals surface area contributed by atoms with E-state index in [0.717, 1.165) is 0 Å². The highest BCUT2D eigenvalue weighted by atomic mass is 32.2. The molecule has 0 saturated carbocycles. The van der Waals surface area contributed by atoms with Crippen LogP contribution in [0.2, 0.25) is 0 Å². The molecule has 0 heterocycles. The van der Waals surface area contributed by atoms with Crippen molar-refractivity contribution < 1.29 is 86.6 Å². The van der Waals surface area contributed by atoms with Crippen LogP contribution >= 0.6 is 0 Å². The molecule has 0 aliphatic carbocycles. The van der Waals surface area contributed by atoms with Gasteiger partial charge >= 0.3 is 29.8 Å². The lowest BCUT2D eigenvalue weighted by atomic mass is 10.5. The fourth-order valence-electron chi connectivity index (χ4n) is 1.14. The van der Waals surface area contributed by atoms with E-state index < -0.39 is 91.2 Å². The Morgan fingerprint density at radius 1 is 0.474 bits per heavy atom. The number of rotatable bonds is 13. The highest BCUT2D eigenvalue weighted by Crippen LogP contribution is 1.91. The average molecular weight is 618 g/mol. The molecule has 19 nitrogen and oxygen atoms in total. The fraction of sp³-hybridized carbons (Fsp3) is 0.688. The minimum absolute atomic E-state index is 0.0650. The van der Waals surface area contributed by atoms with Crippen LogP contribution in [0.15, 0.2) is 0 Å². The number of hydrogen-bond donors (Lipinski definition) is 0. The van der Waals surface area contributed by atoms with Crippen molar-refractivity contribution in [3.8, 4) is 0 Å². The molecule has 22 heteroatoms. The molecular weight excluding hydrogens is 592 g/mol. The van der Waals surface area contributed by atoms with Crippen molar-refractivity contribution in [2.24, 2.45) is 0 Å². The second-order valence-corrected chi connectivity index (χ2v) is 10.1. The molecule has 0 amide bonds. The van der Waals surface area contributed by atoms with Crippen molar-refractivity contribution in [3.63, 3.8) is 0 Å². The van der Waals surface area contributed by atoms with Crippen molar-refractivity contribution in [1.29, 1.82) is 0 Å². The standard InChI is InChI=1S/2C6H10O7S.C4H8O5S/c2*1-2-5(7)12-4-13-6(8)3-14(9,10)11;1-2-4(5)9-3-10(6,7)8/h2*2-4H2,1H3,(H,9,10,11);2-3H2,1H3,(H,6,7,8)/p-3. The van der Waals surface area contributed by atoms with Gasteiger partial charge in [-0.2, -0.15) is 0 Å². The summed E-state index contributed by atoms with van der Waals surface area (Å²) in [6.45, 7) is 3.21. The largest absolute Gasteiger partial charge is 0.748 e. The quantitative estimate of drug-likeness (QED) is 0.0885. The van der Waals surface area contributed by atoms with E-state index in [9.17, 15) is 62.9 Å². The van der Waals surface area contributed by atoms with Crippen LogP contribution in [0.25, 0.3) is 0 Å². The molecule has 0 N–H and O–H groups in total. The molecule has 0 aliphatic rings. The van der Waals surface area contributed by atoms with Crippen LogP contribution in [0.5, 0.6) is 0 Å². The third-order valence-corrected chi connectivity index (χ3v) is 4.28. The molecule has 0 bridgehead atoms. The van der Waals surface area contributed by atoms with E-state index in [2.05, 4.69) is 23.7 Å². The number of esters is 5. The minimum Gasteiger partial charge on any atom is -0.748 e. The smallest absolute Gasteiger partial charge is 0.322 e. The normalized spacial score (nSPS) is 10.8. The lowest BCUT2D eigenvalue weighted by Gasteiger charge is -2.07. The van der Waals surface area contributed by atoms with Gasteiger partial charge in [0, 0.05) is 19.3 Å². The molecule has 0 aliphatic heterocycles. The van der Waals surface area contributed by atoms with Gasteiger partial charge in [-0.25, -0.2) is 25.3 Å². The van der Waals surface area contributed by atoms with E-state index in [1.54, 1.807) is 0 Å². The molecule has 0 aromatic rings. The zero-order valence-electron chi connectivity index (χ0n) is 20.1. The Kier molecular flexibility index (Phi) is 20.9. The third-order valence-electron chi connectivity index (χ3n) is 2.70. The highest BCUT2D eigenvalue weighted by molar-refractivity contribution is 7.86. The molecule has 0 saturated heterocycles. The molecule has 0 atom stereocenters. The molecule has 0 radical (unpaired) electrons.